The van der Waals surface area contributed by atoms with Crippen molar-refractivity contribution in [1.29, 1.82) is 0 Å². The zero-order valence-electron chi connectivity index (χ0n) is 21.9. The Labute approximate surface area is 213 Å². The van der Waals surface area contributed by atoms with E-state index in [0.717, 1.165) is 72.6 Å². The molecule has 2 aliphatic rings. The number of nitrogens with one attached hydrogen (secondary N) is 2. The number of hydrogen-bond acceptors (Lipinski definition) is 9. The van der Waals surface area contributed by atoms with Crippen molar-refractivity contribution in [3.05, 3.63) is 34.3 Å². The van der Waals surface area contributed by atoms with Crippen molar-refractivity contribution in [3.8, 4) is 5.75 Å². The smallest absolute Gasteiger partial charge is 0.224 e. The predicted molar refractivity (Wildman–Crippen MR) is 139 cm³/mol. The van der Waals surface area contributed by atoms with Crippen LogP contribution in [0.4, 0.5) is 11.8 Å². The minimum atomic E-state index is -1.00. The van der Waals surface area contributed by atoms with E-state index in [-0.39, 0.29) is 18.6 Å². The van der Waals surface area contributed by atoms with Crippen LogP contribution in [0.2, 0.25) is 0 Å². The molecule has 9 heteroatoms. The Kier molecular flexibility index (Phi) is 8.64. The number of anilines is 2. The second-order valence-corrected chi connectivity index (χ2v) is 10.2. The van der Waals surface area contributed by atoms with Crippen LogP contribution >= 0.6 is 0 Å². The molecule has 5 N–H and O–H groups in total. The van der Waals surface area contributed by atoms with Gasteiger partial charge in [0.05, 0.1) is 29.1 Å². The molecule has 36 heavy (non-hydrogen) atoms. The Balaban J connectivity index is 1.64. The van der Waals surface area contributed by atoms with Gasteiger partial charge in [0.1, 0.15) is 23.8 Å². The van der Waals surface area contributed by atoms with Crippen LogP contribution in [0.25, 0.3) is 0 Å². The lowest BCUT2D eigenvalue weighted by molar-refractivity contribution is 0.00444. The molecule has 0 amide bonds. The van der Waals surface area contributed by atoms with Gasteiger partial charge in [0.25, 0.3) is 0 Å². The SMILES string of the molecule is CCCCCNc1nc(C)c(C2Cc3cc(CCC)nc(C)c3O2)c(N[C@@H]2C[C@H](CO)[C@@H](O)[C@H]2O)n1. The molecule has 2 aromatic rings. The Morgan fingerprint density at radius 3 is 2.53 bits per heavy atom. The topological polar surface area (TPSA) is 133 Å². The Morgan fingerprint density at radius 2 is 1.83 bits per heavy atom. The summed E-state index contributed by atoms with van der Waals surface area (Å²) in [7, 11) is 0. The van der Waals surface area contributed by atoms with Gasteiger partial charge in [-0.3, -0.25) is 4.98 Å². The van der Waals surface area contributed by atoms with E-state index >= 15 is 0 Å². The highest BCUT2D eigenvalue weighted by Gasteiger charge is 2.42. The van der Waals surface area contributed by atoms with Gasteiger partial charge in [-0.2, -0.15) is 4.98 Å². The van der Waals surface area contributed by atoms with Crippen molar-refractivity contribution in [3.63, 3.8) is 0 Å². The number of rotatable bonds is 11. The zero-order valence-corrected chi connectivity index (χ0v) is 21.9. The van der Waals surface area contributed by atoms with Crippen LogP contribution in [-0.2, 0) is 12.8 Å². The summed E-state index contributed by atoms with van der Waals surface area (Å²) < 4.78 is 6.43. The van der Waals surface area contributed by atoms with Crippen molar-refractivity contribution in [2.75, 3.05) is 23.8 Å². The lowest BCUT2D eigenvalue weighted by Crippen LogP contribution is -2.36. The molecule has 0 bridgehead atoms. The van der Waals surface area contributed by atoms with Gasteiger partial charge < -0.3 is 30.7 Å². The highest BCUT2D eigenvalue weighted by atomic mass is 16.5. The molecule has 2 aromatic heterocycles. The Bertz CT molecular complexity index is 1050. The first-order chi connectivity index (χ1) is 17.4. The van der Waals surface area contributed by atoms with Gasteiger partial charge in [-0.15, -0.1) is 0 Å². The quantitative estimate of drug-likeness (QED) is 0.296. The first kappa shape index (κ1) is 26.6. The van der Waals surface area contributed by atoms with Crippen molar-refractivity contribution >= 4 is 11.8 Å². The van der Waals surface area contributed by atoms with E-state index in [1.54, 1.807) is 0 Å². The fourth-order valence-corrected chi connectivity index (χ4v) is 5.39. The van der Waals surface area contributed by atoms with Crippen LogP contribution < -0.4 is 15.4 Å². The van der Waals surface area contributed by atoms with E-state index in [2.05, 4.69) is 30.5 Å². The molecule has 4 rings (SSSR count). The lowest BCUT2D eigenvalue weighted by atomic mass is 10.0. The normalized spacial score (nSPS) is 25.0. The van der Waals surface area contributed by atoms with Crippen molar-refractivity contribution in [2.24, 2.45) is 5.92 Å². The number of ether oxygens (including phenoxy) is 1. The van der Waals surface area contributed by atoms with Gasteiger partial charge in [0, 0.05) is 36.7 Å². The third-order valence-corrected chi connectivity index (χ3v) is 7.32. The van der Waals surface area contributed by atoms with E-state index in [9.17, 15) is 15.3 Å². The maximum absolute atomic E-state index is 10.7. The molecule has 1 unspecified atom stereocenters. The van der Waals surface area contributed by atoms with E-state index in [0.29, 0.717) is 24.6 Å². The van der Waals surface area contributed by atoms with E-state index in [4.69, 9.17) is 19.7 Å². The summed E-state index contributed by atoms with van der Waals surface area (Å²) in [5, 5.41) is 37.3. The number of aliphatic hydroxyl groups is 3. The Hall–Kier alpha value is -2.49. The molecule has 0 saturated heterocycles. The fourth-order valence-electron chi connectivity index (χ4n) is 5.39. The summed E-state index contributed by atoms with van der Waals surface area (Å²) in [4.78, 5) is 14.3. The minimum absolute atomic E-state index is 0.177. The molecular weight excluding hydrogens is 458 g/mol. The van der Waals surface area contributed by atoms with Gasteiger partial charge in [-0.05, 0) is 39.2 Å². The molecule has 198 valence electrons. The number of aryl methyl sites for hydroxylation is 3. The van der Waals surface area contributed by atoms with E-state index in [1.165, 1.54) is 0 Å². The minimum Gasteiger partial charge on any atom is -0.483 e. The third kappa shape index (κ3) is 5.58. The number of nitrogens with zero attached hydrogens (tertiary/aromatic N) is 3. The fraction of sp³-hybridized carbons (Fsp3) is 0.667. The lowest BCUT2D eigenvalue weighted by Gasteiger charge is -2.24. The molecule has 0 radical (unpaired) electrons. The molecule has 0 aromatic carbocycles. The molecule has 9 nitrogen and oxygen atoms in total. The van der Waals surface area contributed by atoms with Gasteiger partial charge >= 0.3 is 0 Å². The number of pyridine rings is 1. The van der Waals surface area contributed by atoms with Gasteiger partial charge in [0.2, 0.25) is 5.95 Å². The summed E-state index contributed by atoms with van der Waals surface area (Å²) in [6, 6.07) is 1.70. The van der Waals surface area contributed by atoms with Crippen LogP contribution in [0, 0.1) is 19.8 Å². The first-order valence-corrected chi connectivity index (χ1v) is 13.4. The maximum atomic E-state index is 10.7. The van der Waals surface area contributed by atoms with Crippen molar-refractivity contribution < 1.29 is 20.1 Å². The maximum Gasteiger partial charge on any atom is 0.224 e. The molecule has 1 aliphatic carbocycles. The van der Waals surface area contributed by atoms with Crippen LogP contribution in [0.5, 0.6) is 5.75 Å². The van der Waals surface area contributed by atoms with Crippen molar-refractivity contribution in [2.45, 2.75) is 97.0 Å². The monoisotopic (exact) mass is 499 g/mol. The number of unbranched alkanes of at least 4 members (excludes halogenated alkanes) is 2. The Morgan fingerprint density at radius 1 is 1.03 bits per heavy atom. The average Bonchev–Trinajstić information content (AvgIpc) is 3.38. The zero-order chi connectivity index (χ0) is 25.8. The molecule has 1 fully saturated rings. The third-order valence-electron chi connectivity index (χ3n) is 7.32. The van der Waals surface area contributed by atoms with E-state index in [1.807, 2.05) is 13.8 Å². The summed E-state index contributed by atoms with van der Waals surface area (Å²) in [5.41, 5.74) is 4.75. The van der Waals surface area contributed by atoms with Crippen LogP contribution in [0.1, 0.15) is 80.3 Å². The summed E-state index contributed by atoms with van der Waals surface area (Å²) >= 11 is 0. The number of aliphatic hydroxyl groups excluding tert-OH is 3. The molecule has 3 heterocycles. The van der Waals surface area contributed by atoms with Gasteiger partial charge in [-0.1, -0.05) is 33.1 Å². The summed E-state index contributed by atoms with van der Waals surface area (Å²) in [5.74, 6) is 1.56. The number of hydrogen-bond donors (Lipinski definition) is 5. The molecule has 1 aliphatic heterocycles. The first-order valence-electron chi connectivity index (χ1n) is 13.4. The number of aromatic nitrogens is 3. The van der Waals surface area contributed by atoms with E-state index < -0.39 is 18.2 Å². The average molecular weight is 500 g/mol. The second kappa shape index (κ2) is 11.7. The second-order valence-electron chi connectivity index (χ2n) is 10.2. The van der Waals surface area contributed by atoms with Gasteiger partial charge in [0.15, 0.2) is 0 Å². The largest absolute Gasteiger partial charge is 0.483 e. The highest BCUT2D eigenvalue weighted by molar-refractivity contribution is 5.55. The number of fused-ring (bicyclic) bond motifs is 1. The highest BCUT2D eigenvalue weighted by Crippen LogP contribution is 2.42. The molecular formula is C27H41N5O4. The van der Waals surface area contributed by atoms with Crippen LogP contribution in [0.3, 0.4) is 0 Å². The standard InChI is InChI=1S/C27H41N5O4/c1-5-7-8-10-28-27-30-15(3)22(26(32-27)31-20-12-18(14-33)23(34)24(20)35)21-13-17-11-19(9-6-2)29-16(4)25(17)36-21/h11,18,20-21,23-24,33-35H,5-10,12-14H2,1-4H3,(H2,28,30,31,32)/t18-,20-,21?,23-,24+/m1/s1. The van der Waals surface area contributed by atoms with Crippen LogP contribution in [-0.4, -0.2) is 61.7 Å². The molecule has 0 spiro atoms. The molecule has 5 atom stereocenters. The van der Waals surface area contributed by atoms with Crippen LogP contribution in [0.15, 0.2) is 6.07 Å². The molecule has 1 saturated carbocycles. The van der Waals surface area contributed by atoms with Gasteiger partial charge in [-0.25, -0.2) is 4.98 Å². The predicted octanol–water partition coefficient (Wildman–Crippen LogP) is 3.23. The summed E-state index contributed by atoms with van der Waals surface area (Å²) in [6.45, 7) is 8.85. The summed E-state index contributed by atoms with van der Waals surface area (Å²) in [6.07, 6.45) is 4.12. The van der Waals surface area contributed by atoms with Crippen molar-refractivity contribution in [1.82, 2.24) is 15.0 Å².